The quantitative estimate of drug-likeness (QED) is 0.861. The topological polar surface area (TPSA) is 57.6 Å². The van der Waals surface area contributed by atoms with E-state index in [1.807, 2.05) is 0 Å². The van der Waals surface area contributed by atoms with E-state index in [0.29, 0.717) is 31.2 Å². The molecule has 114 valence electrons. The highest BCUT2D eigenvalue weighted by atomic mass is 16.4. The molecule has 20 heavy (non-hydrogen) atoms. The summed E-state index contributed by atoms with van der Waals surface area (Å²) in [5, 5.41) is 9.25. The number of hydrogen-bond acceptors (Lipinski definition) is 2. The van der Waals surface area contributed by atoms with Crippen molar-refractivity contribution in [2.24, 2.45) is 11.8 Å². The second kappa shape index (κ2) is 7.09. The summed E-state index contributed by atoms with van der Waals surface area (Å²) in [7, 11) is 0. The smallest absolute Gasteiger partial charge is 0.326 e. The van der Waals surface area contributed by atoms with Crippen LogP contribution in [0.25, 0.3) is 0 Å². The molecule has 2 atom stereocenters. The number of carboxylic acids is 1. The standard InChI is InChI=1S/C16H27NO3/c1-12(13-7-3-2-4-8-13)11-15(18)17-10-6-5-9-14(17)16(19)20/h12-14H,2-11H2,1H3,(H,19,20). The van der Waals surface area contributed by atoms with E-state index in [2.05, 4.69) is 6.92 Å². The summed E-state index contributed by atoms with van der Waals surface area (Å²) in [6, 6.07) is -0.588. The number of amides is 1. The van der Waals surface area contributed by atoms with Crippen LogP contribution in [0.5, 0.6) is 0 Å². The first-order valence-corrected chi connectivity index (χ1v) is 8.12. The van der Waals surface area contributed by atoms with E-state index >= 15 is 0 Å². The number of piperidine rings is 1. The van der Waals surface area contributed by atoms with E-state index in [4.69, 9.17) is 0 Å². The van der Waals surface area contributed by atoms with Gasteiger partial charge in [0.1, 0.15) is 6.04 Å². The van der Waals surface area contributed by atoms with Crippen LogP contribution in [0.4, 0.5) is 0 Å². The molecule has 0 aromatic heterocycles. The molecular weight excluding hydrogens is 254 g/mol. The van der Waals surface area contributed by atoms with Crippen molar-refractivity contribution in [1.82, 2.24) is 4.90 Å². The number of carboxylic acid groups (broad SMARTS) is 1. The van der Waals surface area contributed by atoms with Crippen LogP contribution in [0.2, 0.25) is 0 Å². The molecule has 1 heterocycles. The van der Waals surface area contributed by atoms with Crippen molar-refractivity contribution in [3.8, 4) is 0 Å². The fourth-order valence-corrected chi connectivity index (χ4v) is 3.75. The number of aliphatic carboxylic acids is 1. The highest BCUT2D eigenvalue weighted by Gasteiger charge is 2.33. The first-order valence-electron chi connectivity index (χ1n) is 8.12. The Bertz CT molecular complexity index is 350. The van der Waals surface area contributed by atoms with Gasteiger partial charge in [-0.15, -0.1) is 0 Å². The molecule has 1 saturated heterocycles. The molecule has 4 nitrogen and oxygen atoms in total. The minimum atomic E-state index is -0.844. The van der Waals surface area contributed by atoms with Crippen LogP contribution in [0.1, 0.15) is 64.7 Å². The van der Waals surface area contributed by atoms with Crippen molar-refractivity contribution < 1.29 is 14.7 Å². The maximum Gasteiger partial charge on any atom is 0.326 e. The molecule has 0 aromatic rings. The largest absolute Gasteiger partial charge is 0.480 e. The van der Waals surface area contributed by atoms with Crippen LogP contribution in [-0.2, 0) is 9.59 Å². The second-order valence-corrected chi connectivity index (χ2v) is 6.52. The fraction of sp³-hybridized carbons (Fsp3) is 0.875. The van der Waals surface area contributed by atoms with E-state index in [1.54, 1.807) is 4.90 Å². The lowest BCUT2D eigenvalue weighted by Gasteiger charge is -2.35. The Hall–Kier alpha value is -1.06. The first-order chi connectivity index (χ1) is 9.59. The van der Waals surface area contributed by atoms with Gasteiger partial charge in [0.25, 0.3) is 0 Å². The zero-order valence-electron chi connectivity index (χ0n) is 12.5. The molecule has 0 aromatic carbocycles. The van der Waals surface area contributed by atoms with Gasteiger partial charge in [-0.05, 0) is 31.1 Å². The van der Waals surface area contributed by atoms with Gasteiger partial charge in [-0.3, -0.25) is 4.79 Å². The number of carbonyl (C=O) groups is 2. The van der Waals surface area contributed by atoms with Crippen molar-refractivity contribution in [2.45, 2.75) is 70.8 Å². The van der Waals surface area contributed by atoms with Crippen LogP contribution in [0, 0.1) is 11.8 Å². The Morgan fingerprint density at radius 2 is 1.75 bits per heavy atom. The molecule has 0 spiro atoms. The third kappa shape index (κ3) is 3.74. The predicted octanol–water partition coefficient (Wildman–Crippen LogP) is 3.06. The zero-order valence-corrected chi connectivity index (χ0v) is 12.5. The summed E-state index contributed by atoms with van der Waals surface area (Å²) in [5.74, 6) is 0.249. The summed E-state index contributed by atoms with van der Waals surface area (Å²) < 4.78 is 0. The van der Waals surface area contributed by atoms with E-state index in [-0.39, 0.29) is 5.91 Å². The Morgan fingerprint density at radius 1 is 1.10 bits per heavy atom. The Morgan fingerprint density at radius 3 is 2.40 bits per heavy atom. The predicted molar refractivity (Wildman–Crippen MR) is 77.3 cm³/mol. The number of nitrogens with zero attached hydrogens (tertiary/aromatic N) is 1. The Labute approximate surface area is 121 Å². The fourth-order valence-electron chi connectivity index (χ4n) is 3.75. The first kappa shape index (κ1) is 15.3. The van der Waals surface area contributed by atoms with E-state index in [0.717, 1.165) is 12.8 Å². The Balaban J connectivity index is 1.90. The summed E-state index contributed by atoms with van der Waals surface area (Å²) in [5.41, 5.74) is 0. The molecule has 0 radical (unpaired) electrons. The average Bonchev–Trinajstić information content (AvgIpc) is 2.48. The van der Waals surface area contributed by atoms with Crippen LogP contribution < -0.4 is 0 Å². The van der Waals surface area contributed by atoms with Crippen molar-refractivity contribution in [1.29, 1.82) is 0 Å². The van der Waals surface area contributed by atoms with E-state index < -0.39 is 12.0 Å². The number of likely N-dealkylation sites (tertiary alicyclic amines) is 1. The van der Waals surface area contributed by atoms with Crippen LogP contribution in [-0.4, -0.2) is 34.5 Å². The van der Waals surface area contributed by atoms with E-state index in [1.165, 1.54) is 32.1 Å². The minimum Gasteiger partial charge on any atom is -0.480 e. The van der Waals surface area contributed by atoms with Gasteiger partial charge >= 0.3 is 5.97 Å². The molecule has 2 aliphatic rings. The van der Waals surface area contributed by atoms with Gasteiger partial charge in [0.05, 0.1) is 0 Å². The van der Waals surface area contributed by atoms with Gasteiger partial charge in [-0.2, -0.15) is 0 Å². The van der Waals surface area contributed by atoms with Gasteiger partial charge in [-0.1, -0.05) is 39.0 Å². The molecule has 1 aliphatic carbocycles. The summed E-state index contributed by atoms with van der Waals surface area (Å²) >= 11 is 0. The number of rotatable bonds is 4. The third-order valence-corrected chi connectivity index (χ3v) is 5.06. The number of carbonyl (C=O) groups excluding carboxylic acids is 1. The summed E-state index contributed by atoms with van der Waals surface area (Å²) in [6.45, 7) is 2.78. The van der Waals surface area contributed by atoms with E-state index in [9.17, 15) is 14.7 Å². The summed E-state index contributed by atoms with van der Waals surface area (Å²) in [4.78, 5) is 25.3. The lowest BCUT2D eigenvalue weighted by atomic mass is 9.79. The summed E-state index contributed by atoms with van der Waals surface area (Å²) in [6.07, 6.45) is 9.34. The van der Waals surface area contributed by atoms with Gasteiger partial charge in [0, 0.05) is 13.0 Å². The zero-order chi connectivity index (χ0) is 14.5. The van der Waals surface area contributed by atoms with Crippen LogP contribution in [0.15, 0.2) is 0 Å². The molecular formula is C16H27NO3. The normalized spacial score (nSPS) is 26.2. The second-order valence-electron chi connectivity index (χ2n) is 6.52. The van der Waals surface area contributed by atoms with Crippen molar-refractivity contribution in [2.75, 3.05) is 6.54 Å². The molecule has 2 unspecified atom stereocenters. The lowest BCUT2D eigenvalue weighted by molar-refractivity contribution is -0.152. The van der Waals surface area contributed by atoms with Crippen molar-refractivity contribution in [3.05, 3.63) is 0 Å². The van der Waals surface area contributed by atoms with Crippen LogP contribution >= 0.6 is 0 Å². The maximum atomic E-state index is 12.4. The van der Waals surface area contributed by atoms with Gasteiger partial charge in [0.15, 0.2) is 0 Å². The van der Waals surface area contributed by atoms with Crippen molar-refractivity contribution in [3.63, 3.8) is 0 Å². The Kier molecular flexibility index (Phi) is 5.44. The number of hydrogen-bond donors (Lipinski definition) is 1. The molecule has 1 saturated carbocycles. The molecule has 2 rings (SSSR count). The highest BCUT2D eigenvalue weighted by Crippen LogP contribution is 2.32. The molecule has 0 bridgehead atoms. The average molecular weight is 281 g/mol. The van der Waals surface area contributed by atoms with Crippen LogP contribution in [0.3, 0.4) is 0 Å². The molecule has 4 heteroatoms. The highest BCUT2D eigenvalue weighted by molar-refractivity contribution is 5.84. The van der Waals surface area contributed by atoms with Gasteiger partial charge < -0.3 is 10.0 Å². The minimum absolute atomic E-state index is 0.0511. The lowest BCUT2D eigenvalue weighted by Crippen LogP contribution is -2.48. The van der Waals surface area contributed by atoms with Gasteiger partial charge in [-0.25, -0.2) is 4.79 Å². The third-order valence-electron chi connectivity index (χ3n) is 5.06. The molecule has 2 fully saturated rings. The van der Waals surface area contributed by atoms with Gasteiger partial charge in [0.2, 0.25) is 5.91 Å². The molecule has 1 amide bonds. The molecule has 1 N–H and O–H groups in total. The SMILES string of the molecule is CC(CC(=O)N1CCCCC1C(=O)O)C1CCCCC1. The molecule has 1 aliphatic heterocycles. The van der Waals surface area contributed by atoms with Crippen molar-refractivity contribution >= 4 is 11.9 Å². The maximum absolute atomic E-state index is 12.4. The monoisotopic (exact) mass is 281 g/mol.